The number of amides is 1. The first-order valence-electron chi connectivity index (χ1n) is 9.76. The number of ether oxygens (including phenoxy) is 1. The molecule has 2 aromatic rings. The Morgan fingerprint density at radius 2 is 1.79 bits per heavy atom. The van der Waals surface area contributed by atoms with Crippen molar-refractivity contribution >= 4 is 40.7 Å². The van der Waals surface area contributed by atoms with Gasteiger partial charge in [-0.1, -0.05) is 46.9 Å². The van der Waals surface area contributed by atoms with Gasteiger partial charge < -0.3 is 10.1 Å². The number of rotatable bonds is 7. The topological polar surface area (TPSA) is 41.6 Å². The predicted molar refractivity (Wildman–Crippen MR) is 119 cm³/mol. The van der Waals surface area contributed by atoms with Gasteiger partial charge in [0.2, 0.25) is 5.91 Å². The summed E-state index contributed by atoms with van der Waals surface area (Å²) in [6, 6.07) is 11.1. The van der Waals surface area contributed by atoms with Crippen LogP contribution in [0.5, 0.6) is 5.75 Å². The summed E-state index contributed by atoms with van der Waals surface area (Å²) in [6.07, 6.45) is 1.64. The van der Waals surface area contributed by atoms with E-state index in [0.717, 1.165) is 37.1 Å². The van der Waals surface area contributed by atoms with Gasteiger partial charge in [-0.05, 0) is 62.7 Å². The zero-order chi connectivity index (χ0) is 20.8. The highest BCUT2D eigenvalue weighted by molar-refractivity contribution is 6.36. The van der Waals surface area contributed by atoms with E-state index in [2.05, 4.69) is 10.2 Å². The molecule has 1 saturated heterocycles. The van der Waals surface area contributed by atoms with Crippen molar-refractivity contribution in [2.45, 2.75) is 26.3 Å². The molecule has 29 heavy (non-hydrogen) atoms. The molecular weight excluding hydrogens is 431 g/mol. The van der Waals surface area contributed by atoms with E-state index >= 15 is 0 Å². The molecule has 1 aliphatic rings. The van der Waals surface area contributed by atoms with Crippen molar-refractivity contribution in [3.05, 3.63) is 62.6 Å². The minimum absolute atomic E-state index is 0.0294. The summed E-state index contributed by atoms with van der Waals surface area (Å²) >= 11 is 18.6. The van der Waals surface area contributed by atoms with Crippen LogP contribution < -0.4 is 10.1 Å². The Hall–Kier alpha value is -1.46. The van der Waals surface area contributed by atoms with Crippen LogP contribution in [0.3, 0.4) is 0 Å². The van der Waals surface area contributed by atoms with E-state index in [4.69, 9.17) is 39.5 Å². The molecule has 1 N–H and O–H groups in total. The normalized spacial score (nSPS) is 15.3. The number of nitrogens with one attached hydrogen (secondary N) is 1. The largest absolute Gasteiger partial charge is 0.492 e. The number of carbonyl (C=O) groups is 1. The number of likely N-dealkylation sites (tertiary alicyclic amines) is 1. The number of aryl methyl sites for hydroxylation is 1. The molecule has 0 spiro atoms. The van der Waals surface area contributed by atoms with Crippen LogP contribution in [0, 0.1) is 12.8 Å². The van der Waals surface area contributed by atoms with Crippen molar-refractivity contribution in [3.63, 3.8) is 0 Å². The summed E-state index contributed by atoms with van der Waals surface area (Å²) in [5.41, 5.74) is 1.96. The average molecular weight is 456 g/mol. The summed E-state index contributed by atoms with van der Waals surface area (Å²) < 4.78 is 5.65. The molecule has 2 aromatic carbocycles. The summed E-state index contributed by atoms with van der Waals surface area (Å²) in [6.45, 7) is 5.23. The van der Waals surface area contributed by atoms with E-state index in [0.29, 0.717) is 40.5 Å². The predicted octanol–water partition coefficient (Wildman–Crippen LogP) is 5.36. The SMILES string of the molecule is Cc1ccc(OCCNC(=O)C2CCN(Cc3c(Cl)cccc3Cl)CC2)cc1Cl. The van der Waals surface area contributed by atoms with Gasteiger partial charge in [-0.3, -0.25) is 9.69 Å². The van der Waals surface area contributed by atoms with Crippen molar-refractivity contribution in [1.29, 1.82) is 0 Å². The number of hydrogen-bond acceptors (Lipinski definition) is 3. The molecule has 1 heterocycles. The highest BCUT2D eigenvalue weighted by atomic mass is 35.5. The molecular formula is C22H25Cl3N2O2. The van der Waals surface area contributed by atoms with Crippen LogP contribution in [-0.2, 0) is 11.3 Å². The highest BCUT2D eigenvalue weighted by Gasteiger charge is 2.25. The van der Waals surface area contributed by atoms with Crippen LogP contribution in [-0.4, -0.2) is 37.0 Å². The maximum absolute atomic E-state index is 12.4. The quantitative estimate of drug-likeness (QED) is 0.571. The molecule has 3 rings (SSSR count). The molecule has 1 fully saturated rings. The fourth-order valence-corrected chi connectivity index (χ4v) is 4.10. The van der Waals surface area contributed by atoms with Gasteiger partial charge in [0, 0.05) is 33.1 Å². The van der Waals surface area contributed by atoms with Gasteiger partial charge in [-0.15, -0.1) is 0 Å². The van der Waals surface area contributed by atoms with Crippen molar-refractivity contribution in [2.24, 2.45) is 5.92 Å². The summed E-state index contributed by atoms with van der Waals surface area (Å²) in [5.74, 6) is 0.828. The number of piperidine rings is 1. The number of benzene rings is 2. The zero-order valence-corrected chi connectivity index (χ0v) is 18.7. The lowest BCUT2D eigenvalue weighted by Gasteiger charge is -2.31. The van der Waals surface area contributed by atoms with E-state index in [9.17, 15) is 4.79 Å². The van der Waals surface area contributed by atoms with Gasteiger partial charge in [0.1, 0.15) is 12.4 Å². The van der Waals surface area contributed by atoms with Crippen LogP contribution in [0.4, 0.5) is 0 Å². The van der Waals surface area contributed by atoms with E-state index in [1.807, 2.05) is 37.3 Å². The van der Waals surface area contributed by atoms with Gasteiger partial charge in [0.25, 0.3) is 0 Å². The third-order valence-electron chi connectivity index (χ3n) is 5.22. The van der Waals surface area contributed by atoms with Gasteiger partial charge in [0.15, 0.2) is 0 Å². The lowest BCUT2D eigenvalue weighted by molar-refractivity contribution is -0.126. The second kappa shape index (κ2) is 10.5. The Balaban J connectivity index is 1.38. The Bertz CT molecular complexity index is 832. The molecule has 0 unspecified atom stereocenters. The van der Waals surface area contributed by atoms with Crippen molar-refractivity contribution in [2.75, 3.05) is 26.2 Å². The maximum Gasteiger partial charge on any atom is 0.223 e. The first-order valence-corrected chi connectivity index (χ1v) is 10.9. The first kappa shape index (κ1) is 22.2. The average Bonchev–Trinajstić information content (AvgIpc) is 2.71. The Labute approximate surface area is 187 Å². The minimum Gasteiger partial charge on any atom is -0.492 e. The molecule has 0 atom stereocenters. The van der Waals surface area contributed by atoms with Crippen molar-refractivity contribution in [1.82, 2.24) is 10.2 Å². The summed E-state index contributed by atoms with van der Waals surface area (Å²) in [4.78, 5) is 14.7. The van der Waals surface area contributed by atoms with Crippen LogP contribution in [0.15, 0.2) is 36.4 Å². The van der Waals surface area contributed by atoms with Crippen LogP contribution >= 0.6 is 34.8 Å². The molecule has 0 aromatic heterocycles. The zero-order valence-electron chi connectivity index (χ0n) is 16.4. The molecule has 7 heteroatoms. The van der Waals surface area contributed by atoms with Crippen molar-refractivity contribution < 1.29 is 9.53 Å². The molecule has 156 valence electrons. The smallest absolute Gasteiger partial charge is 0.223 e. The number of halogens is 3. The van der Waals surface area contributed by atoms with Crippen molar-refractivity contribution in [3.8, 4) is 5.75 Å². The van der Waals surface area contributed by atoms with E-state index in [1.165, 1.54) is 0 Å². The lowest BCUT2D eigenvalue weighted by Crippen LogP contribution is -2.41. The van der Waals surface area contributed by atoms with Crippen LogP contribution in [0.2, 0.25) is 15.1 Å². The van der Waals surface area contributed by atoms with Gasteiger partial charge in [0.05, 0.1) is 6.54 Å². The molecule has 4 nitrogen and oxygen atoms in total. The van der Waals surface area contributed by atoms with Gasteiger partial charge in [-0.25, -0.2) is 0 Å². The lowest BCUT2D eigenvalue weighted by atomic mass is 9.95. The fraction of sp³-hybridized carbons (Fsp3) is 0.409. The second-order valence-corrected chi connectivity index (χ2v) is 8.52. The van der Waals surface area contributed by atoms with Gasteiger partial charge >= 0.3 is 0 Å². The standard InChI is InChI=1S/C22H25Cl3N2O2/c1-15-5-6-17(13-21(15)25)29-12-9-26-22(28)16-7-10-27(11-8-16)14-18-19(23)3-2-4-20(18)24/h2-6,13,16H,7-12,14H2,1H3,(H,26,28). The van der Waals surface area contributed by atoms with Crippen LogP contribution in [0.1, 0.15) is 24.0 Å². The summed E-state index contributed by atoms with van der Waals surface area (Å²) in [7, 11) is 0. The molecule has 0 radical (unpaired) electrons. The molecule has 0 aliphatic carbocycles. The number of nitrogens with zero attached hydrogens (tertiary/aromatic N) is 1. The minimum atomic E-state index is 0.0294. The first-order chi connectivity index (χ1) is 13.9. The summed E-state index contributed by atoms with van der Waals surface area (Å²) in [5, 5.41) is 5.03. The molecule has 1 aliphatic heterocycles. The molecule has 1 amide bonds. The number of hydrogen-bond donors (Lipinski definition) is 1. The molecule has 0 bridgehead atoms. The fourth-order valence-electron chi connectivity index (χ4n) is 3.41. The third kappa shape index (κ3) is 6.26. The Morgan fingerprint density at radius 3 is 2.45 bits per heavy atom. The van der Waals surface area contributed by atoms with Gasteiger partial charge in [-0.2, -0.15) is 0 Å². The molecule has 0 saturated carbocycles. The highest BCUT2D eigenvalue weighted by Crippen LogP contribution is 2.27. The monoisotopic (exact) mass is 454 g/mol. The Morgan fingerprint density at radius 1 is 1.10 bits per heavy atom. The van der Waals surface area contributed by atoms with Crippen LogP contribution in [0.25, 0.3) is 0 Å². The second-order valence-electron chi connectivity index (χ2n) is 7.30. The van der Waals surface area contributed by atoms with E-state index in [-0.39, 0.29) is 11.8 Å². The number of carbonyl (C=O) groups excluding carboxylic acids is 1. The van der Waals surface area contributed by atoms with E-state index in [1.54, 1.807) is 6.07 Å². The third-order valence-corrected chi connectivity index (χ3v) is 6.33. The van der Waals surface area contributed by atoms with E-state index < -0.39 is 0 Å². The Kier molecular flexibility index (Phi) is 8.07. The maximum atomic E-state index is 12.4.